The van der Waals surface area contributed by atoms with Gasteiger partial charge in [-0.3, -0.25) is 4.79 Å². The topological polar surface area (TPSA) is 58.4 Å². The van der Waals surface area contributed by atoms with Gasteiger partial charge in [-0.25, -0.2) is 0 Å². The number of aromatic nitrogens is 1. The van der Waals surface area contributed by atoms with Gasteiger partial charge in [0.05, 0.1) is 17.5 Å². The van der Waals surface area contributed by atoms with Crippen LogP contribution in [0, 0.1) is 11.8 Å². The molecule has 1 aromatic heterocycles. The molecule has 0 radical (unpaired) electrons. The van der Waals surface area contributed by atoms with Crippen molar-refractivity contribution in [3.63, 3.8) is 0 Å². The second-order valence-electron chi connectivity index (χ2n) is 5.93. The van der Waals surface area contributed by atoms with Gasteiger partial charge in [0.15, 0.2) is 0 Å². The summed E-state index contributed by atoms with van der Waals surface area (Å²) in [5, 5.41) is 6.57. The van der Waals surface area contributed by atoms with E-state index in [-0.39, 0.29) is 19.6 Å². The first kappa shape index (κ1) is 17.8. The van der Waals surface area contributed by atoms with E-state index in [1.165, 1.54) is 4.90 Å². The predicted molar refractivity (Wildman–Crippen MR) is 77.6 cm³/mol. The molecule has 1 saturated heterocycles. The molecule has 1 aliphatic rings. The van der Waals surface area contributed by atoms with Crippen LogP contribution in [0.2, 0.25) is 0 Å². The summed E-state index contributed by atoms with van der Waals surface area (Å²) in [6.45, 7) is 3.93. The molecule has 1 fully saturated rings. The maximum atomic E-state index is 13.1. The fourth-order valence-electron chi connectivity index (χ4n) is 3.04. The summed E-state index contributed by atoms with van der Waals surface area (Å²) in [7, 11) is 1.59. The molecule has 0 aliphatic carbocycles. The monoisotopic (exact) mass is 333 g/mol. The zero-order valence-electron chi connectivity index (χ0n) is 13.5. The molecule has 2 rings (SSSR count). The van der Waals surface area contributed by atoms with Crippen molar-refractivity contribution in [1.82, 2.24) is 15.4 Å². The number of rotatable bonds is 5. The van der Waals surface area contributed by atoms with Gasteiger partial charge in [-0.1, -0.05) is 19.0 Å². The zero-order valence-corrected chi connectivity index (χ0v) is 13.5. The van der Waals surface area contributed by atoms with Crippen molar-refractivity contribution in [1.29, 1.82) is 0 Å². The minimum absolute atomic E-state index is 0.112. The van der Waals surface area contributed by atoms with Crippen molar-refractivity contribution in [2.24, 2.45) is 11.8 Å². The Balaban J connectivity index is 2.06. The molecule has 0 spiro atoms. The summed E-state index contributed by atoms with van der Waals surface area (Å²) in [6, 6.07) is 0. The van der Waals surface area contributed by atoms with Crippen LogP contribution in [0.1, 0.15) is 30.9 Å². The standard InChI is InChI=1S/C15H22F3N3O2/c1-4-12-9(13(5-2)23-20-12)6-19-14(22)10-7-21(3)8-11(10)15(16,17)18/h10-11H,4-8H2,1-3H3,(H,19,22)/t10-,11-/m1/s1. The molecule has 1 aromatic rings. The van der Waals surface area contributed by atoms with Crippen LogP contribution >= 0.6 is 0 Å². The molecular weight excluding hydrogens is 311 g/mol. The molecule has 0 saturated carbocycles. The van der Waals surface area contributed by atoms with Crippen LogP contribution in [0.3, 0.4) is 0 Å². The SMILES string of the molecule is CCc1noc(CC)c1CNC(=O)[C@@H]1CN(C)C[C@H]1C(F)(F)F. The summed E-state index contributed by atoms with van der Waals surface area (Å²) >= 11 is 0. The normalized spacial score (nSPS) is 22.5. The highest BCUT2D eigenvalue weighted by Gasteiger charge is 2.51. The highest BCUT2D eigenvalue weighted by Crippen LogP contribution is 2.37. The number of amides is 1. The van der Waals surface area contributed by atoms with Crippen LogP contribution in [0.4, 0.5) is 13.2 Å². The number of nitrogens with zero attached hydrogens (tertiary/aromatic N) is 2. The van der Waals surface area contributed by atoms with E-state index in [2.05, 4.69) is 10.5 Å². The molecule has 2 heterocycles. The largest absolute Gasteiger partial charge is 0.393 e. The lowest BCUT2D eigenvalue weighted by Gasteiger charge is -2.20. The second kappa shape index (κ2) is 6.90. The summed E-state index contributed by atoms with van der Waals surface area (Å²) in [6.07, 6.45) is -3.10. The van der Waals surface area contributed by atoms with Gasteiger partial charge < -0.3 is 14.7 Å². The minimum atomic E-state index is -4.37. The Hall–Kier alpha value is -1.57. The smallest absolute Gasteiger partial charge is 0.361 e. The molecule has 2 atom stereocenters. The van der Waals surface area contributed by atoms with Crippen molar-refractivity contribution in [3.05, 3.63) is 17.0 Å². The van der Waals surface area contributed by atoms with Crippen molar-refractivity contribution < 1.29 is 22.5 Å². The molecule has 0 bridgehead atoms. The van der Waals surface area contributed by atoms with Crippen LogP contribution in [0.25, 0.3) is 0 Å². The fourth-order valence-corrected chi connectivity index (χ4v) is 3.04. The number of halogens is 3. The fraction of sp³-hybridized carbons (Fsp3) is 0.733. The van der Waals surface area contributed by atoms with Crippen LogP contribution in [0.15, 0.2) is 4.52 Å². The number of nitrogens with one attached hydrogen (secondary N) is 1. The molecule has 1 aliphatic heterocycles. The van der Waals surface area contributed by atoms with Gasteiger partial charge in [-0.15, -0.1) is 0 Å². The first-order valence-electron chi connectivity index (χ1n) is 7.77. The molecule has 5 nitrogen and oxygen atoms in total. The van der Waals surface area contributed by atoms with E-state index < -0.39 is 23.9 Å². The van der Waals surface area contributed by atoms with Crippen LogP contribution in [-0.2, 0) is 24.2 Å². The Morgan fingerprint density at radius 1 is 1.35 bits per heavy atom. The lowest BCUT2D eigenvalue weighted by Crippen LogP contribution is -2.40. The Morgan fingerprint density at radius 2 is 2.04 bits per heavy atom. The highest BCUT2D eigenvalue weighted by atomic mass is 19.4. The van der Waals surface area contributed by atoms with Crippen molar-refractivity contribution in [2.75, 3.05) is 20.1 Å². The first-order chi connectivity index (χ1) is 10.8. The van der Waals surface area contributed by atoms with Gasteiger partial charge in [0.2, 0.25) is 5.91 Å². The average molecular weight is 333 g/mol. The first-order valence-corrected chi connectivity index (χ1v) is 7.77. The molecule has 1 amide bonds. The van der Waals surface area contributed by atoms with E-state index in [1.807, 2.05) is 13.8 Å². The van der Waals surface area contributed by atoms with Crippen LogP contribution in [0.5, 0.6) is 0 Å². The van der Waals surface area contributed by atoms with Gasteiger partial charge in [-0.2, -0.15) is 13.2 Å². The van der Waals surface area contributed by atoms with E-state index in [9.17, 15) is 18.0 Å². The Labute approximate surface area is 133 Å². The van der Waals surface area contributed by atoms with Gasteiger partial charge in [-0.05, 0) is 13.5 Å². The summed E-state index contributed by atoms with van der Waals surface area (Å²) in [5.41, 5.74) is 1.51. The Morgan fingerprint density at radius 3 is 2.61 bits per heavy atom. The van der Waals surface area contributed by atoms with E-state index in [1.54, 1.807) is 7.05 Å². The number of likely N-dealkylation sites (tertiary alicyclic amines) is 1. The second-order valence-corrected chi connectivity index (χ2v) is 5.93. The van der Waals surface area contributed by atoms with Gasteiger partial charge in [0.25, 0.3) is 0 Å². The van der Waals surface area contributed by atoms with Crippen LogP contribution in [-0.4, -0.2) is 42.3 Å². The van der Waals surface area contributed by atoms with Crippen molar-refractivity contribution in [2.45, 2.75) is 39.4 Å². The van der Waals surface area contributed by atoms with Crippen LogP contribution < -0.4 is 5.32 Å². The molecular formula is C15H22F3N3O2. The maximum absolute atomic E-state index is 13.1. The number of hydrogen-bond acceptors (Lipinski definition) is 4. The molecule has 1 N–H and O–H groups in total. The summed E-state index contributed by atoms with van der Waals surface area (Å²) in [4.78, 5) is 13.8. The molecule has 23 heavy (non-hydrogen) atoms. The average Bonchev–Trinajstić information content (AvgIpc) is 3.06. The van der Waals surface area contributed by atoms with Gasteiger partial charge >= 0.3 is 6.18 Å². The van der Waals surface area contributed by atoms with Crippen molar-refractivity contribution in [3.8, 4) is 0 Å². The summed E-state index contributed by atoms with van der Waals surface area (Å²) < 4.78 is 44.4. The van der Waals surface area contributed by atoms with E-state index >= 15 is 0 Å². The van der Waals surface area contributed by atoms with Gasteiger partial charge in [0, 0.05) is 31.6 Å². The molecule has 130 valence electrons. The lowest BCUT2D eigenvalue weighted by molar-refractivity contribution is -0.183. The number of carbonyl (C=O) groups excluding carboxylic acids is 1. The lowest BCUT2D eigenvalue weighted by atomic mass is 9.94. The molecule has 8 heteroatoms. The predicted octanol–water partition coefficient (Wildman–Crippen LogP) is 2.16. The third kappa shape index (κ3) is 3.85. The minimum Gasteiger partial charge on any atom is -0.361 e. The Kier molecular flexibility index (Phi) is 5.33. The van der Waals surface area contributed by atoms with E-state index in [0.717, 1.165) is 11.3 Å². The van der Waals surface area contributed by atoms with E-state index in [0.29, 0.717) is 18.6 Å². The molecule has 0 unspecified atom stereocenters. The quantitative estimate of drug-likeness (QED) is 0.897. The van der Waals surface area contributed by atoms with Crippen molar-refractivity contribution >= 4 is 5.91 Å². The highest BCUT2D eigenvalue weighted by molar-refractivity contribution is 5.79. The Bertz CT molecular complexity index is 535. The van der Waals surface area contributed by atoms with Gasteiger partial charge in [0.1, 0.15) is 5.76 Å². The third-order valence-electron chi connectivity index (χ3n) is 4.31. The molecule has 0 aromatic carbocycles. The number of alkyl halides is 3. The zero-order chi connectivity index (χ0) is 17.2. The summed E-state index contributed by atoms with van der Waals surface area (Å²) in [5.74, 6) is -2.60. The number of carbonyl (C=O) groups is 1. The number of hydrogen-bond donors (Lipinski definition) is 1. The third-order valence-corrected chi connectivity index (χ3v) is 4.31. The maximum Gasteiger partial charge on any atom is 0.393 e. The number of aryl methyl sites for hydroxylation is 2. The van der Waals surface area contributed by atoms with E-state index in [4.69, 9.17) is 4.52 Å².